The van der Waals surface area contributed by atoms with Crippen LogP contribution in [0.4, 0.5) is 15.8 Å². The summed E-state index contributed by atoms with van der Waals surface area (Å²) in [7, 11) is 1.74. The first-order valence-electron chi connectivity index (χ1n) is 9.33. The van der Waals surface area contributed by atoms with Crippen LogP contribution < -0.4 is 10.2 Å². The van der Waals surface area contributed by atoms with Crippen LogP contribution in [0.2, 0.25) is 0 Å². The molecule has 1 aromatic heterocycles. The summed E-state index contributed by atoms with van der Waals surface area (Å²) in [4.78, 5) is 19.3. The molecule has 1 fully saturated rings. The van der Waals surface area contributed by atoms with E-state index in [9.17, 15) is 9.18 Å². The van der Waals surface area contributed by atoms with Crippen LogP contribution in [-0.4, -0.2) is 30.8 Å². The number of aryl methyl sites for hydroxylation is 1. The Bertz CT molecular complexity index is 1020. The number of anilines is 2. The molecule has 1 aliphatic heterocycles. The highest BCUT2D eigenvalue weighted by Gasteiger charge is 2.26. The van der Waals surface area contributed by atoms with E-state index in [0.717, 1.165) is 41.7 Å². The van der Waals surface area contributed by atoms with E-state index >= 15 is 0 Å². The highest BCUT2D eigenvalue weighted by Crippen LogP contribution is 2.33. The number of ether oxygens (including phenoxy) is 1. The number of carbonyl (C=O) groups excluding carboxylic acids is 1. The molecule has 1 N–H and O–H groups in total. The minimum atomic E-state index is -0.370. The summed E-state index contributed by atoms with van der Waals surface area (Å²) in [5, 5.41) is 3.88. The molecule has 3 aromatic rings. The zero-order valence-corrected chi connectivity index (χ0v) is 15.9. The summed E-state index contributed by atoms with van der Waals surface area (Å²) < 4.78 is 18.7. The van der Waals surface area contributed by atoms with E-state index in [-0.39, 0.29) is 18.0 Å². The van der Waals surface area contributed by atoms with Crippen molar-refractivity contribution in [1.29, 1.82) is 0 Å². The summed E-state index contributed by atoms with van der Waals surface area (Å²) in [6.07, 6.45) is 2.17. The van der Waals surface area contributed by atoms with Crippen molar-refractivity contribution in [2.75, 3.05) is 23.9 Å². The van der Waals surface area contributed by atoms with Gasteiger partial charge in [-0.05, 0) is 68.3 Å². The highest BCUT2D eigenvalue weighted by molar-refractivity contribution is 6.05. The smallest absolute Gasteiger partial charge is 0.255 e. The normalized spacial score (nSPS) is 16.5. The molecule has 0 unspecified atom stereocenters. The number of hydrogen-bond donors (Lipinski definition) is 1. The maximum absolute atomic E-state index is 13.1. The summed E-state index contributed by atoms with van der Waals surface area (Å²) in [5.74, 6) is -0.656. The third-order valence-electron chi connectivity index (χ3n) is 5.06. The quantitative estimate of drug-likeness (QED) is 0.725. The molecule has 0 aliphatic carbocycles. The average molecular weight is 379 g/mol. The third-order valence-corrected chi connectivity index (χ3v) is 5.06. The molecule has 2 heterocycles. The summed E-state index contributed by atoms with van der Waals surface area (Å²) >= 11 is 0. The first kappa shape index (κ1) is 18.4. The molecule has 0 bridgehead atoms. The lowest BCUT2D eigenvalue weighted by Gasteiger charge is -2.27. The molecular formula is C22H22FN3O2. The molecular weight excluding hydrogens is 357 g/mol. The second-order valence-corrected chi connectivity index (χ2v) is 7.00. The van der Waals surface area contributed by atoms with Crippen LogP contribution in [-0.2, 0) is 4.74 Å². The second-order valence-electron chi connectivity index (χ2n) is 7.00. The summed E-state index contributed by atoms with van der Waals surface area (Å²) in [5.41, 5.74) is 3.87. The van der Waals surface area contributed by atoms with Crippen LogP contribution in [0.5, 0.6) is 0 Å². The van der Waals surface area contributed by atoms with Gasteiger partial charge in [0.05, 0.1) is 5.52 Å². The monoisotopic (exact) mass is 379 g/mol. The van der Waals surface area contributed by atoms with Gasteiger partial charge in [-0.15, -0.1) is 0 Å². The average Bonchev–Trinajstić information content (AvgIpc) is 3.16. The Morgan fingerprint density at radius 1 is 1.21 bits per heavy atom. The molecule has 4 rings (SSSR count). The third kappa shape index (κ3) is 3.55. The van der Waals surface area contributed by atoms with Gasteiger partial charge >= 0.3 is 0 Å². The molecule has 1 saturated heterocycles. The number of aromatic nitrogens is 1. The molecule has 0 saturated carbocycles. The number of carbonyl (C=O) groups is 1. The van der Waals surface area contributed by atoms with Gasteiger partial charge in [-0.3, -0.25) is 9.78 Å². The van der Waals surface area contributed by atoms with Crippen LogP contribution in [0.25, 0.3) is 10.9 Å². The molecule has 144 valence electrons. The van der Waals surface area contributed by atoms with Gasteiger partial charge in [0, 0.05) is 41.7 Å². The number of fused-ring (bicyclic) bond motifs is 1. The van der Waals surface area contributed by atoms with E-state index in [1.165, 1.54) is 24.3 Å². The number of amides is 1. The maximum Gasteiger partial charge on any atom is 0.255 e. The number of nitrogens with zero attached hydrogens (tertiary/aromatic N) is 2. The Labute approximate surface area is 163 Å². The largest absolute Gasteiger partial charge is 0.362 e. The van der Waals surface area contributed by atoms with Gasteiger partial charge in [0.15, 0.2) is 0 Å². The van der Waals surface area contributed by atoms with Crippen molar-refractivity contribution in [1.82, 2.24) is 4.98 Å². The predicted octanol–water partition coefficient (Wildman–Crippen LogP) is 4.51. The highest BCUT2D eigenvalue weighted by atomic mass is 19.1. The lowest BCUT2D eigenvalue weighted by Crippen LogP contribution is -2.30. The molecule has 1 aliphatic rings. The van der Waals surface area contributed by atoms with Crippen LogP contribution in [0.1, 0.15) is 28.9 Å². The van der Waals surface area contributed by atoms with Crippen LogP contribution in [0.3, 0.4) is 0 Å². The fourth-order valence-electron chi connectivity index (χ4n) is 3.72. The van der Waals surface area contributed by atoms with Crippen molar-refractivity contribution >= 4 is 28.2 Å². The molecule has 0 radical (unpaired) electrons. The minimum absolute atomic E-state index is 0.0721. The number of rotatable bonds is 4. The minimum Gasteiger partial charge on any atom is -0.362 e. The van der Waals surface area contributed by atoms with E-state index in [0.29, 0.717) is 11.3 Å². The molecule has 28 heavy (non-hydrogen) atoms. The van der Waals surface area contributed by atoms with Crippen LogP contribution in [0.15, 0.2) is 48.5 Å². The van der Waals surface area contributed by atoms with Gasteiger partial charge in [-0.1, -0.05) is 0 Å². The van der Waals surface area contributed by atoms with Crippen molar-refractivity contribution in [3.05, 3.63) is 65.6 Å². The fraction of sp³-hybridized carbons (Fsp3) is 0.273. The molecule has 0 spiro atoms. The summed E-state index contributed by atoms with van der Waals surface area (Å²) in [6.45, 7) is 2.91. The Hall–Kier alpha value is -2.99. The zero-order chi connectivity index (χ0) is 19.7. The van der Waals surface area contributed by atoms with E-state index in [4.69, 9.17) is 4.74 Å². The molecule has 5 nitrogen and oxygen atoms in total. The number of methoxy groups -OCH3 is 1. The van der Waals surface area contributed by atoms with Crippen LogP contribution >= 0.6 is 0 Å². The second kappa shape index (κ2) is 7.56. The standard InChI is InChI=1S/C22H22FN3O2/c1-14-12-20(26-11-3-4-21(26)28-2)18-10-9-17(13-19(18)24-14)25-22(27)15-5-7-16(23)8-6-15/h5-10,12-13,21H,3-4,11H2,1-2H3,(H,25,27)/t21-/m1/s1. The van der Waals surface area contributed by atoms with Crippen molar-refractivity contribution in [3.8, 4) is 0 Å². The Kier molecular flexibility index (Phi) is 4.96. The molecule has 1 atom stereocenters. The van der Waals surface area contributed by atoms with E-state index in [2.05, 4.69) is 21.3 Å². The van der Waals surface area contributed by atoms with Gasteiger partial charge in [-0.25, -0.2) is 4.39 Å². The van der Waals surface area contributed by atoms with E-state index in [1.54, 1.807) is 7.11 Å². The van der Waals surface area contributed by atoms with Crippen molar-refractivity contribution in [3.63, 3.8) is 0 Å². The number of hydrogen-bond acceptors (Lipinski definition) is 4. The Morgan fingerprint density at radius 2 is 2.00 bits per heavy atom. The van der Waals surface area contributed by atoms with Gasteiger partial charge < -0.3 is 15.0 Å². The predicted molar refractivity (Wildman–Crippen MR) is 108 cm³/mol. The summed E-state index contributed by atoms with van der Waals surface area (Å²) in [6, 6.07) is 13.3. The molecule has 6 heteroatoms. The number of benzene rings is 2. The van der Waals surface area contributed by atoms with Crippen molar-refractivity contribution < 1.29 is 13.9 Å². The lowest BCUT2D eigenvalue weighted by atomic mass is 10.1. The topological polar surface area (TPSA) is 54.5 Å². The van der Waals surface area contributed by atoms with Gasteiger partial charge in [0.2, 0.25) is 0 Å². The first-order chi connectivity index (χ1) is 13.5. The fourth-order valence-corrected chi connectivity index (χ4v) is 3.72. The Morgan fingerprint density at radius 3 is 2.75 bits per heavy atom. The number of halogens is 1. The van der Waals surface area contributed by atoms with Gasteiger partial charge in [-0.2, -0.15) is 0 Å². The van der Waals surface area contributed by atoms with Gasteiger partial charge in [0.25, 0.3) is 5.91 Å². The lowest BCUT2D eigenvalue weighted by molar-refractivity contribution is 0.102. The van der Waals surface area contributed by atoms with E-state index < -0.39 is 0 Å². The first-order valence-corrected chi connectivity index (χ1v) is 9.33. The Balaban J connectivity index is 1.66. The van der Waals surface area contributed by atoms with Crippen LogP contribution in [0, 0.1) is 12.7 Å². The maximum atomic E-state index is 13.1. The number of pyridine rings is 1. The molecule has 2 aromatic carbocycles. The SMILES string of the molecule is CO[C@@H]1CCCN1c1cc(C)nc2cc(NC(=O)c3ccc(F)cc3)ccc12. The van der Waals surface area contributed by atoms with Crippen molar-refractivity contribution in [2.24, 2.45) is 0 Å². The van der Waals surface area contributed by atoms with E-state index in [1.807, 2.05) is 25.1 Å². The van der Waals surface area contributed by atoms with Gasteiger partial charge in [0.1, 0.15) is 12.0 Å². The zero-order valence-electron chi connectivity index (χ0n) is 15.9. The number of nitrogens with one attached hydrogen (secondary N) is 1. The molecule has 1 amide bonds. The van der Waals surface area contributed by atoms with Crippen molar-refractivity contribution in [2.45, 2.75) is 26.0 Å².